The molecule has 1 aromatic rings. The Morgan fingerprint density at radius 2 is 2.31 bits per heavy atom. The van der Waals surface area contributed by atoms with Gasteiger partial charge in [0.25, 0.3) is 0 Å². The molecule has 0 aliphatic rings. The first-order chi connectivity index (χ1) is 7.69. The first-order valence-electron chi connectivity index (χ1n) is 5.10. The molecule has 0 saturated carbocycles. The molecule has 0 aromatic carbocycles. The van der Waals surface area contributed by atoms with E-state index in [0.29, 0.717) is 12.2 Å². The van der Waals surface area contributed by atoms with Crippen molar-refractivity contribution in [1.82, 2.24) is 4.98 Å². The summed E-state index contributed by atoms with van der Waals surface area (Å²) in [5.41, 5.74) is 5.91. The highest BCUT2D eigenvalue weighted by Crippen LogP contribution is 2.21. The lowest BCUT2D eigenvalue weighted by molar-refractivity contribution is 0.0697. The molecule has 6 heteroatoms. The second-order valence-electron chi connectivity index (χ2n) is 3.37. The number of methoxy groups -OCH3 is 1. The average Bonchev–Trinajstić information content (AvgIpc) is 2.62. The zero-order valence-corrected chi connectivity index (χ0v) is 10.0. The van der Waals surface area contributed by atoms with Gasteiger partial charge in [0.2, 0.25) is 0 Å². The number of carboxylic acid groups (broad SMARTS) is 1. The molecule has 0 radical (unpaired) electrons. The lowest BCUT2D eigenvalue weighted by atomic mass is 10.2. The zero-order valence-electron chi connectivity index (χ0n) is 9.23. The van der Waals surface area contributed by atoms with Crippen LogP contribution in [-0.2, 0) is 17.8 Å². The number of hydrogen-bond donors (Lipinski definition) is 2. The molecule has 16 heavy (non-hydrogen) atoms. The van der Waals surface area contributed by atoms with Crippen molar-refractivity contribution in [2.24, 2.45) is 5.73 Å². The van der Waals surface area contributed by atoms with E-state index in [1.54, 1.807) is 0 Å². The van der Waals surface area contributed by atoms with E-state index in [2.05, 4.69) is 4.98 Å². The van der Waals surface area contributed by atoms with Crippen LogP contribution >= 0.6 is 11.3 Å². The normalized spacial score (nSPS) is 10.6. The lowest BCUT2D eigenvalue weighted by Gasteiger charge is -1.95. The quantitative estimate of drug-likeness (QED) is 0.705. The summed E-state index contributed by atoms with van der Waals surface area (Å²) in [7, 11) is 1.53. The summed E-state index contributed by atoms with van der Waals surface area (Å²) < 4.78 is 4.92. The first-order valence-corrected chi connectivity index (χ1v) is 5.91. The van der Waals surface area contributed by atoms with Crippen molar-refractivity contribution in [2.75, 3.05) is 13.7 Å². The van der Waals surface area contributed by atoms with Gasteiger partial charge in [-0.05, 0) is 25.8 Å². The smallest absolute Gasteiger partial charge is 0.347 e. The number of nitrogens with two attached hydrogens (primary N) is 1. The highest BCUT2D eigenvalue weighted by molar-refractivity contribution is 7.13. The zero-order chi connectivity index (χ0) is 12.0. The van der Waals surface area contributed by atoms with Gasteiger partial charge in [0.15, 0.2) is 0 Å². The van der Waals surface area contributed by atoms with E-state index in [1.807, 2.05) is 0 Å². The standard InChI is InChI=1S/C10H16N2O3S/c1-15-6-7-9(10(13)14)16-8(12-7)4-2-3-5-11/h2-6,11H2,1H3,(H,13,14). The number of carbonyl (C=O) groups is 1. The molecule has 1 aromatic heterocycles. The van der Waals surface area contributed by atoms with Gasteiger partial charge in [0, 0.05) is 7.11 Å². The maximum Gasteiger partial charge on any atom is 0.347 e. The summed E-state index contributed by atoms with van der Waals surface area (Å²) in [6, 6.07) is 0. The molecule has 1 heterocycles. The van der Waals surface area contributed by atoms with Crippen molar-refractivity contribution in [1.29, 1.82) is 0 Å². The molecular formula is C10H16N2O3S. The molecular weight excluding hydrogens is 228 g/mol. The van der Waals surface area contributed by atoms with E-state index in [4.69, 9.17) is 15.6 Å². The van der Waals surface area contributed by atoms with Crippen LogP contribution in [-0.4, -0.2) is 29.7 Å². The van der Waals surface area contributed by atoms with Gasteiger partial charge in [-0.25, -0.2) is 9.78 Å². The van der Waals surface area contributed by atoms with Gasteiger partial charge in [-0.1, -0.05) is 0 Å². The molecule has 90 valence electrons. The Labute approximate surface area is 98.3 Å². The minimum absolute atomic E-state index is 0.245. The highest BCUT2D eigenvalue weighted by Gasteiger charge is 2.16. The Morgan fingerprint density at radius 3 is 2.88 bits per heavy atom. The van der Waals surface area contributed by atoms with Crippen molar-refractivity contribution in [3.05, 3.63) is 15.6 Å². The maximum absolute atomic E-state index is 10.9. The van der Waals surface area contributed by atoms with Gasteiger partial charge in [0.05, 0.1) is 17.3 Å². The fourth-order valence-electron chi connectivity index (χ4n) is 1.33. The van der Waals surface area contributed by atoms with Crippen LogP contribution in [0.15, 0.2) is 0 Å². The van der Waals surface area contributed by atoms with Gasteiger partial charge in [0.1, 0.15) is 4.88 Å². The van der Waals surface area contributed by atoms with Gasteiger partial charge in [-0.3, -0.25) is 0 Å². The highest BCUT2D eigenvalue weighted by atomic mass is 32.1. The van der Waals surface area contributed by atoms with E-state index in [-0.39, 0.29) is 11.5 Å². The number of aromatic nitrogens is 1. The third-order valence-corrected chi connectivity index (χ3v) is 3.21. The Balaban J connectivity index is 2.72. The van der Waals surface area contributed by atoms with Crippen LogP contribution in [0.4, 0.5) is 0 Å². The van der Waals surface area contributed by atoms with Crippen molar-refractivity contribution in [3.8, 4) is 0 Å². The lowest BCUT2D eigenvalue weighted by Crippen LogP contribution is -2.00. The molecule has 0 bridgehead atoms. The Morgan fingerprint density at radius 1 is 1.56 bits per heavy atom. The number of ether oxygens (including phenoxy) is 1. The van der Waals surface area contributed by atoms with Crippen LogP contribution in [0.2, 0.25) is 0 Å². The summed E-state index contributed by atoms with van der Waals surface area (Å²) in [5, 5.41) is 9.82. The van der Waals surface area contributed by atoms with Crippen LogP contribution in [0.25, 0.3) is 0 Å². The number of hydrogen-bond acceptors (Lipinski definition) is 5. The summed E-state index contributed by atoms with van der Waals surface area (Å²) in [5.74, 6) is -0.936. The predicted molar refractivity (Wildman–Crippen MR) is 61.8 cm³/mol. The SMILES string of the molecule is COCc1nc(CCCCN)sc1C(=O)O. The van der Waals surface area contributed by atoms with Crippen molar-refractivity contribution in [2.45, 2.75) is 25.9 Å². The molecule has 0 amide bonds. The molecule has 0 unspecified atom stereocenters. The molecule has 0 aliphatic heterocycles. The van der Waals surface area contributed by atoms with E-state index in [9.17, 15) is 4.79 Å². The number of carboxylic acids is 1. The fraction of sp³-hybridized carbons (Fsp3) is 0.600. The largest absolute Gasteiger partial charge is 0.477 e. The minimum atomic E-state index is -0.936. The van der Waals surface area contributed by atoms with E-state index in [1.165, 1.54) is 18.4 Å². The van der Waals surface area contributed by atoms with Crippen LogP contribution in [0.5, 0.6) is 0 Å². The van der Waals surface area contributed by atoms with Crippen molar-refractivity contribution >= 4 is 17.3 Å². The summed E-state index contributed by atoms with van der Waals surface area (Å²) in [6.07, 6.45) is 2.66. The van der Waals surface area contributed by atoms with Gasteiger partial charge in [-0.2, -0.15) is 0 Å². The summed E-state index contributed by atoms with van der Waals surface area (Å²) in [6.45, 7) is 0.900. The number of aryl methyl sites for hydroxylation is 1. The van der Waals surface area contributed by atoms with Crippen molar-refractivity contribution < 1.29 is 14.6 Å². The molecule has 0 aliphatic carbocycles. The number of thiazole rings is 1. The first kappa shape index (κ1) is 13.1. The average molecular weight is 244 g/mol. The van der Waals surface area contributed by atoms with Crippen LogP contribution < -0.4 is 5.73 Å². The number of rotatable bonds is 7. The van der Waals surface area contributed by atoms with Crippen molar-refractivity contribution in [3.63, 3.8) is 0 Å². The second kappa shape index (κ2) is 6.57. The minimum Gasteiger partial charge on any atom is -0.477 e. The molecule has 0 fully saturated rings. The van der Waals surface area contributed by atoms with Crippen LogP contribution in [0.3, 0.4) is 0 Å². The molecule has 3 N–H and O–H groups in total. The van der Waals surface area contributed by atoms with Gasteiger partial charge in [-0.15, -0.1) is 11.3 Å². The maximum atomic E-state index is 10.9. The second-order valence-corrected chi connectivity index (χ2v) is 4.45. The van der Waals surface area contributed by atoms with Gasteiger partial charge >= 0.3 is 5.97 Å². The van der Waals surface area contributed by atoms with E-state index in [0.717, 1.165) is 24.3 Å². The van der Waals surface area contributed by atoms with E-state index < -0.39 is 5.97 Å². The molecule has 0 saturated heterocycles. The monoisotopic (exact) mass is 244 g/mol. The molecule has 1 rings (SSSR count). The fourth-order valence-corrected chi connectivity index (χ4v) is 2.28. The summed E-state index contributed by atoms with van der Waals surface area (Å²) >= 11 is 1.23. The predicted octanol–water partition coefficient (Wildman–Crippen LogP) is 1.27. The summed E-state index contributed by atoms with van der Waals surface area (Å²) in [4.78, 5) is 15.5. The molecule has 0 atom stereocenters. The number of aromatic carboxylic acids is 1. The van der Waals surface area contributed by atoms with Crippen LogP contribution in [0, 0.1) is 0 Å². The Kier molecular flexibility index (Phi) is 5.37. The number of nitrogens with zero attached hydrogens (tertiary/aromatic N) is 1. The van der Waals surface area contributed by atoms with Crippen LogP contribution in [0.1, 0.15) is 33.2 Å². The van der Waals surface area contributed by atoms with Gasteiger partial charge < -0.3 is 15.6 Å². The molecule has 5 nitrogen and oxygen atoms in total. The molecule has 0 spiro atoms. The van der Waals surface area contributed by atoms with E-state index >= 15 is 0 Å². The Bertz CT molecular complexity index is 352. The number of unbranched alkanes of at least 4 members (excludes halogenated alkanes) is 1. The third kappa shape index (κ3) is 3.55. The topological polar surface area (TPSA) is 85.4 Å². The Hall–Kier alpha value is -0.980. The third-order valence-electron chi connectivity index (χ3n) is 2.06.